The maximum absolute atomic E-state index is 12.2. The van der Waals surface area contributed by atoms with E-state index in [1.807, 2.05) is 0 Å². The Hall–Kier alpha value is -2.54. The molecule has 2 heterocycles. The molecule has 0 radical (unpaired) electrons. The third kappa shape index (κ3) is 18.9. The van der Waals surface area contributed by atoms with E-state index >= 15 is 0 Å². The highest BCUT2D eigenvalue weighted by Gasteiger charge is 2.16. The zero-order valence-electron chi connectivity index (χ0n) is 31.0. The third-order valence-corrected chi connectivity index (χ3v) is 9.14. The summed E-state index contributed by atoms with van der Waals surface area (Å²) in [5.74, 6) is 3.92. The zero-order chi connectivity index (χ0) is 34.8. The monoisotopic (exact) mass is 672 g/mol. The lowest BCUT2D eigenvalue weighted by molar-refractivity contribution is -0.161. The van der Waals surface area contributed by atoms with E-state index in [0.29, 0.717) is 12.8 Å². The van der Waals surface area contributed by atoms with Gasteiger partial charge in [0, 0.05) is 38.5 Å². The second-order valence-electron chi connectivity index (χ2n) is 13.8. The highest BCUT2D eigenvalue weighted by Crippen LogP contribution is 2.21. The van der Waals surface area contributed by atoms with Crippen molar-refractivity contribution in [3.8, 4) is 0 Å². The first-order valence-electron chi connectivity index (χ1n) is 19.5. The summed E-state index contributed by atoms with van der Waals surface area (Å²) in [5.41, 5.74) is 2.58. The number of hydrogen-bond donors (Lipinski definition) is 1. The summed E-state index contributed by atoms with van der Waals surface area (Å²) in [6.07, 6.45) is 24.1. The molecule has 7 nitrogen and oxygen atoms in total. The Bertz CT molecular complexity index is 1110. The minimum Gasteiger partial charge on any atom is -0.466 e. The van der Waals surface area contributed by atoms with Gasteiger partial charge in [-0.15, -0.1) is 0 Å². The number of unbranched alkanes of at least 4 members (excludes halogenated alkanes) is 14. The lowest BCUT2D eigenvalue weighted by Gasteiger charge is -2.15. The summed E-state index contributed by atoms with van der Waals surface area (Å²) in [7, 11) is 0. The Morgan fingerprint density at radius 2 is 1.00 bits per heavy atom. The first-order chi connectivity index (χ1) is 23.4. The third-order valence-electron chi connectivity index (χ3n) is 9.14. The normalized spacial score (nSPS) is 12.0. The van der Waals surface area contributed by atoms with Crippen molar-refractivity contribution in [1.29, 1.82) is 0 Å². The van der Waals surface area contributed by atoms with Crippen molar-refractivity contribution in [2.75, 3.05) is 13.2 Å². The van der Waals surface area contributed by atoms with Crippen molar-refractivity contribution in [1.82, 2.24) is 0 Å². The highest BCUT2D eigenvalue weighted by molar-refractivity contribution is 5.70. The first kappa shape index (κ1) is 41.6. The van der Waals surface area contributed by atoms with Crippen LogP contribution in [0.15, 0.2) is 21.0 Å². The van der Waals surface area contributed by atoms with E-state index in [0.717, 1.165) is 100 Å². The number of hydrogen-bond acceptors (Lipinski definition) is 7. The first-order valence-corrected chi connectivity index (χ1v) is 19.5. The molecule has 2 rings (SSSR count). The lowest BCUT2D eigenvalue weighted by atomic mass is 10.1. The molecule has 274 valence electrons. The number of ether oxygens (including phenoxy) is 2. The fourth-order valence-electron chi connectivity index (χ4n) is 6.27. The van der Waals surface area contributed by atoms with Gasteiger partial charge in [-0.05, 0) is 75.6 Å². The van der Waals surface area contributed by atoms with Crippen LogP contribution in [0.2, 0.25) is 0 Å². The Kier molecular flexibility index (Phi) is 22.8. The molecule has 0 saturated carbocycles. The Morgan fingerprint density at radius 1 is 0.604 bits per heavy atom. The smallest absolute Gasteiger partial charge is 0.306 e. The van der Waals surface area contributed by atoms with Crippen molar-refractivity contribution >= 4 is 11.9 Å². The van der Waals surface area contributed by atoms with Crippen LogP contribution in [-0.2, 0) is 44.7 Å². The predicted octanol–water partition coefficient (Wildman–Crippen LogP) is 10.6. The van der Waals surface area contributed by atoms with Crippen molar-refractivity contribution < 1.29 is 33.0 Å². The van der Waals surface area contributed by atoms with Gasteiger partial charge in [-0.1, -0.05) is 90.9 Å². The van der Waals surface area contributed by atoms with Crippen molar-refractivity contribution in [3.63, 3.8) is 0 Å². The molecule has 0 saturated heterocycles. The summed E-state index contributed by atoms with van der Waals surface area (Å²) >= 11 is 0. The standard InChI is InChI=1S/C41H68O7/c1-5-23-35-29-33(3)38(46-35)25-19-15-11-7-9-13-17-21-27-40(43)45-32-37(31-42)48-41(44)28-22-18-14-10-8-12-16-20-26-39-34(4)30-36(47-39)24-6-2/h29-30,37,42H,5-28,31-32H2,1-4H3/t37-/m0/s1. The molecule has 48 heavy (non-hydrogen) atoms. The highest BCUT2D eigenvalue weighted by atomic mass is 16.6. The molecule has 7 heteroatoms. The molecule has 0 aromatic carbocycles. The van der Waals surface area contributed by atoms with E-state index in [4.69, 9.17) is 18.3 Å². The average molecular weight is 673 g/mol. The van der Waals surface area contributed by atoms with Crippen LogP contribution in [0.25, 0.3) is 0 Å². The molecule has 0 spiro atoms. The Balaban J connectivity index is 1.37. The van der Waals surface area contributed by atoms with E-state index in [1.165, 1.54) is 75.3 Å². The quantitative estimate of drug-likeness (QED) is 0.0651. The second kappa shape index (κ2) is 26.3. The van der Waals surface area contributed by atoms with Crippen LogP contribution in [0.3, 0.4) is 0 Å². The number of furan rings is 2. The van der Waals surface area contributed by atoms with Crippen LogP contribution < -0.4 is 0 Å². The molecule has 2 aromatic rings. The van der Waals surface area contributed by atoms with E-state index < -0.39 is 6.10 Å². The molecule has 1 atom stereocenters. The van der Waals surface area contributed by atoms with Gasteiger partial charge in [0.2, 0.25) is 0 Å². The maximum atomic E-state index is 12.2. The molecular weight excluding hydrogens is 604 g/mol. The van der Waals surface area contributed by atoms with Crippen LogP contribution in [0.1, 0.15) is 176 Å². The largest absolute Gasteiger partial charge is 0.466 e. The molecule has 0 aliphatic rings. The van der Waals surface area contributed by atoms with Gasteiger partial charge in [0.05, 0.1) is 6.61 Å². The lowest BCUT2D eigenvalue weighted by Crippen LogP contribution is -2.28. The van der Waals surface area contributed by atoms with E-state index in [-0.39, 0.29) is 25.2 Å². The number of aryl methyl sites for hydroxylation is 6. The van der Waals surface area contributed by atoms with E-state index in [9.17, 15) is 14.7 Å². The molecular formula is C41H68O7. The molecule has 0 bridgehead atoms. The molecule has 0 amide bonds. The maximum Gasteiger partial charge on any atom is 0.306 e. The van der Waals surface area contributed by atoms with Crippen molar-refractivity contribution in [2.45, 2.75) is 188 Å². The fraction of sp³-hybridized carbons (Fsp3) is 0.756. The second-order valence-corrected chi connectivity index (χ2v) is 13.8. The number of esters is 2. The van der Waals surface area contributed by atoms with Gasteiger partial charge in [-0.25, -0.2) is 0 Å². The van der Waals surface area contributed by atoms with Crippen molar-refractivity contribution in [2.24, 2.45) is 0 Å². The molecule has 0 fully saturated rings. The van der Waals surface area contributed by atoms with Crippen molar-refractivity contribution in [3.05, 3.63) is 46.3 Å². The van der Waals surface area contributed by atoms with Crippen LogP contribution in [0, 0.1) is 13.8 Å². The van der Waals surface area contributed by atoms with Gasteiger partial charge in [0.1, 0.15) is 29.6 Å². The van der Waals surface area contributed by atoms with Crippen LogP contribution >= 0.6 is 0 Å². The SMILES string of the molecule is CCCc1cc(C)c(CCCCCCCCCCC(=O)OC[C@H](CO)OC(=O)CCCCCCCCCCc2oc(CCC)cc2C)o1. The molecule has 0 unspecified atom stereocenters. The van der Waals surface area contributed by atoms with Crippen LogP contribution in [-0.4, -0.2) is 36.4 Å². The van der Waals surface area contributed by atoms with Crippen LogP contribution in [0.5, 0.6) is 0 Å². The summed E-state index contributed by atoms with van der Waals surface area (Å²) in [4.78, 5) is 24.3. The zero-order valence-corrected chi connectivity index (χ0v) is 31.0. The summed E-state index contributed by atoms with van der Waals surface area (Å²) < 4.78 is 22.6. The Labute approximate surface area is 291 Å². The number of carbonyl (C=O) groups is 2. The van der Waals surface area contributed by atoms with Crippen LogP contribution in [0.4, 0.5) is 0 Å². The average Bonchev–Trinajstić information content (AvgIpc) is 3.60. The minimum absolute atomic E-state index is 0.0854. The predicted molar refractivity (Wildman–Crippen MR) is 193 cm³/mol. The Morgan fingerprint density at radius 3 is 1.42 bits per heavy atom. The van der Waals surface area contributed by atoms with Gasteiger partial charge >= 0.3 is 11.9 Å². The number of aliphatic hydroxyl groups excluding tert-OH is 1. The van der Waals surface area contributed by atoms with E-state index in [1.54, 1.807) is 0 Å². The van der Waals surface area contributed by atoms with Gasteiger partial charge in [0.15, 0.2) is 6.10 Å². The number of aliphatic hydroxyl groups is 1. The van der Waals surface area contributed by atoms with Gasteiger partial charge in [0.25, 0.3) is 0 Å². The molecule has 0 aliphatic carbocycles. The van der Waals surface area contributed by atoms with E-state index in [2.05, 4.69) is 39.8 Å². The molecule has 1 N–H and O–H groups in total. The summed E-state index contributed by atoms with van der Waals surface area (Å²) in [6.45, 7) is 8.22. The molecule has 2 aromatic heterocycles. The summed E-state index contributed by atoms with van der Waals surface area (Å²) in [6, 6.07) is 4.38. The number of rotatable bonds is 30. The molecule has 0 aliphatic heterocycles. The van der Waals surface area contributed by atoms with Gasteiger partial charge in [-0.2, -0.15) is 0 Å². The fourth-order valence-corrected chi connectivity index (χ4v) is 6.27. The number of carbonyl (C=O) groups excluding carboxylic acids is 2. The topological polar surface area (TPSA) is 99.1 Å². The minimum atomic E-state index is -0.792. The summed E-state index contributed by atoms with van der Waals surface area (Å²) in [5, 5.41) is 9.58. The van der Waals surface area contributed by atoms with Gasteiger partial charge < -0.3 is 23.4 Å². The van der Waals surface area contributed by atoms with Gasteiger partial charge in [-0.3, -0.25) is 9.59 Å².